The van der Waals surface area contributed by atoms with E-state index in [-0.39, 0.29) is 5.91 Å². The van der Waals surface area contributed by atoms with Gasteiger partial charge < -0.3 is 13.8 Å². The maximum absolute atomic E-state index is 12.7. The summed E-state index contributed by atoms with van der Waals surface area (Å²) < 4.78 is 14.0. The van der Waals surface area contributed by atoms with Crippen molar-refractivity contribution in [3.63, 3.8) is 0 Å². The quantitative estimate of drug-likeness (QED) is 0.522. The summed E-state index contributed by atoms with van der Waals surface area (Å²) in [5, 5.41) is 3.92. The summed E-state index contributed by atoms with van der Waals surface area (Å²) in [7, 11) is 1.91. The molecule has 0 bridgehead atoms. The highest BCUT2D eigenvalue weighted by atomic mass is 32.1. The molecule has 2 heterocycles. The Kier molecular flexibility index (Phi) is 4.83. The topological polar surface area (TPSA) is 69.6 Å². The zero-order valence-corrected chi connectivity index (χ0v) is 16.6. The monoisotopic (exact) mass is 393 g/mol. The molecule has 0 radical (unpaired) electrons. The molecule has 2 aromatic heterocycles. The van der Waals surface area contributed by atoms with Crippen molar-refractivity contribution in [3.8, 4) is 5.75 Å². The molecule has 0 saturated heterocycles. The second-order valence-electron chi connectivity index (χ2n) is 6.45. The van der Waals surface area contributed by atoms with Crippen LogP contribution < -0.4 is 9.54 Å². The SMILES string of the molecule is Cc1noc(C)c1COc1cccc(C(=O)N=c2sc3ccccc3n2C)c1. The van der Waals surface area contributed by atoms with E-state index in [2.05, 4.69) is 10.1 Å². The minimum absolute atomic E-state index is 0.301. The Morgan fingerprint density at radius 2 is 2.04 bits per heavy atom. The lowest BCUT2D eigenvalue weighted by molar-refractivity contribution is 0.0997. The average Bonchev–Trinajstić information content (AvgIpc) is 3.19. The highest BCUT2D eigenvalue weighted by Crippen LogP contribution is 2.19. The van der Waals surface area contributed by atoms with Gasteiger partial charge in [-0.25, -0.2) is 0 Å². The zero-order chi connectivity index (χ0) is 19.7. The van der Waals surface area contributed by atoms with Crippen LogP contribution in [0.2, 0.25) is 0 Å². The molecular weight excluding hydrogens is 374 g/mol. The fourth-order valence-corrected chi connectivity index (χ4v) is 3.94. The van der Waals surface area contributed by atoms with Crippen molar-refractivity contribution in [1.29, 1.82) is 0 Å². The Hall–Kier alpha value is -3.19. The van der Waals surface area contributed by atoms with Gasteiger partial charge in [0.1, 0.15) is 18.1 Å². The summed E-state index contributed by atoms with van der Waals surface area (Å²) in [6.07, 6.45) is 0. The molecule has 0 N–H and O–H groups in total. The van der Waals surface area contributed by atoms with Crippen LogP contribution in [-0.2, 0) is 13.7 Å². The Morgan fingerprint density at radius 1 is 1.21 bits per heavy atom. The molecule has 7 heteroatoms. The maximum Gasteiger partial charge on any atom is 0.279 e. The number of aryl methyl sites for hydroxylation is 3. The minimum atomic E-state index is -0.301. The van der Waals surface area contributed by atoms with E-state index in [1.165, 1.54) is 11.3 Å². The zero-order valence-electron chi connectivity index (χ0n) is 15.8. The van der Waals surface area contributed by atoms with E-state index in [0.717, 1.165) is 27.2 Å². The van der Waals surface area contributed by atoms with Gasteiger partial charge in [-0.1, -0.05) is 34.7 Å². The van der Waals surface area contributed by atoms with Gasteiger partial charge in [0, 0.05) is 12.6 Å². The number of thiazole rings is 1. The van der Waals surface area contributed by atoms with Crippen LogP contribution in [0, 0.1) is 13.8 Å². The van der Waals surface area contributed by atoms with E-state index < -0.39 is 0 Å². The molecule has 142 valence electrons. The smallest absolute Gasteiger partial charge is 0.279 e. The molecule has 0 aliphatic carbocycles. The predicted molar refractivity (Wildman–Crippen MR) is 107 cm³/mol. The Bertz CT molecular complexity index is 1210. The molecule has 0 aliphatic rings. The first-order valence-corrected chi connectivity index (χ1v) is 9.63. The largest absolute Gasteiger partial charge is 0.489 e. The Morgan fingerprint density at radius 3 is 2.79 bits per heavy atom. The van der Waals surface area contributed by atoms with E-state index >= 15 is 0 Å². The lowest BCUT2D eigenvalue weighted by Crippen LogP contribution is -2.13. The van der Waals surface area contributed by atoms with E-state index in [1.807, 2.05) is 55.8 Å². The van der Waals surface area contributed by atoms with Crippen LogP contribution in [0.15, 0.2) is 58.0 Å². The van der Waals surface area contributed by atoms with Crippen LogP contribution in [0.4, 0.5) is 0 Å². The fraction of sp³-hybridized carbons (Fsp3) is 0.190. The summed E-state index contributed by atoms with van der Waals surface area (Å²) >= 11 is 1.49. The summed E-state index contributed by atoms with van der Waals surface area (Å²) in [4.78, 5) is 17.7. The molecule has 0 spiro atoms. The van der Waals surface area contributed by atoms with Crippen LogP contribution in [-0.4, -0.2) is 15.6 Å². The van der Waals surface area contributed by atoms with Crippen LogP contribution in [0.3, 0.4) is 0 Å². The normalized spacial score (nSPS) is 11.9. The van der Waals surface area contributed by atoms with Crippen molar-refractivity contribution in [1.82, 2.24) is 9.72 Å². The predicted octanol–water partition coefficient (Wildman–Crippen LogP) is 4.16. The van der Waals surface area contributed by atoms with Crippen molar-refractivity contribution in [2.45, 2.75) is 20.5 Å². The van der Waals surface area contributed by atoms with Crippen molar-refractivity contribution >= 4 is 27.5 Å². The van der Waals surface area contributed by atoms with Crippen LogP contribution >= 0.6 is 11.3 Å². The number of carbonyl (C=O) groups is 1. The third-order valence-electron chi connectivity index (χ3n) is 4.56. The highest BCUT2D eigenvalue weighted by molar-refractivity contribution is 7.16. The molecule has 4 rings (SSSR count). The molecule has 4 aromatic rings. The van der Waals surface area contributed by atoms with E-state index in [0.29, 0.717) is 22.7 Å². The molecular formula is C21H19N3O3S. The standard InChI is InChI=1S/C21H19N3O3S/c1-13-17(14(2)27-23-13)12-26-16-8-6-7-15(11-16)20(25)22-21-24(3)18-9-4-5-10-19(18)28-21/h4-11H,12H2,1-3H3. The number of amides is 1. The number of benzene rings is 2. The van der Waals surface area contributed by atoms with Gasteiger partial charge in [-0.05, 0) is 44.2 Å². The van der Waals surface area contributed by atoms with Gasteiger partial charge >= 0.3 is 0 Å². The third-order valence-corrected chi connectivity index (χ3v) is 5.67. The van der Waals surface area contributed by atoms with Gasteiger partial charge in [0.15, 0.2) is 4.80 Å². The molecule has 28 heavy (non-hydrogen) atoms. The van der Waals surface area contributed by atoms with Gasteiger partial charge in [-0.15, -0.1) is 0 Å². The summed E-state index contributed by atoms with van der Waals surface area (Å²) in [6.45, 7) is 4.06. The molecule has 2 aromatic carbocycles. The summed E-state index contributed by atoms with van der Waals surface area (Å²) in [6, 6.07) is 15.0. The number of para-hydroxylation sites is 1. The van der Waals surface area contributed by atoms with Crippen molar-refractivity contribution < 1.29 is 14.1 Å². The number of fused-ring (bicyclic) bond motifs is 1. The second-order valence-corrected chi connectivity index (χ2v) is 7.46. The number of ether oxygens (including phenoxy) is 1. The van der Waals surface area contributed by atoms with Crippen molar-refractivity contribution in [2.75, 3.05) is 0 Å². The first-order valence-electron chi connectivity index (χ1n) is 8.81. The fourth-order valence-electron chi connectivity index (χ4n) is 2.92. The number of carbonyl (C=O) groups excluding carboxylic acids is 1. The molecule has 0 unspecified atom stereocenters. The molecule has 0 fully saturated rings. The molecule has 1 amide bonds. The lowest BCUT2D eigenvalue weighted by atomic mass is 10.2. The van der Waals surface area contributed by atoms with Crippen molar-refractivity contribution in [3.05, 3.63) is 75.9 Å². The molecule has 0 atom stereocenters. The van der Waals surface area contributed by atoms with Gasteiger partial charge in [-0.3, -0.25) is 4.79 Å². The number of rotatable bonds is 4. The number of aromatic nitrogens is 2. The highest BCUT2D eigenvalue weighted by Gasteiger charge is 2.11. The Balaban J connectivity index is 1.58. The van der Waals surface area contributed by atoms with E-state index in [1.54, 1.807) is 18.2 Å². The van der Waals surface area contributed by atoms with Crippen LogP contribution in [0.1, 0.15) is 27.4 Å². The molecule has 6 nitrogen and oxygen atoms in total. The number of hydrogen-bond acceptors (Lipinski definition) is 5. The first kappa shape index (κ1) is 18.2. The Labute approximate surface area is 165 Å². The molecule has 0 saturated carbocycles. The summed E-state index contributed by atoms with van der Waals surface area (Å²) in [5.74, 6) is 1.03. The third kappa shape index (κ3) is 3.48. The van der Waals surface area contributed by atoms with Crippen molar-refractivity contribution in [2.24, 2.45) is 12.0 Å². The maximum atomic E-state index is 12.7. The summed E-state index contributed by atoms with van der Waals surface area (Å²) in [5.41, 5.74) is 3.25. The van der Waals surface area contributed by atoms with Gasteiger partial charge in [0.05, 0.1) is 21.5 Å². The van der Waals surface area contributed by atoms with E-state index in [4.69, 9.17) is 9.26 Å². The molecule has 0 aliphatic heterocycles. The number of hydrogen-bond donors (Lipinski definition) is 0. The van der Waals surface area contributed by atoms with E-state index in [9.17, 15) is 4.79 Å². The lowest BCUT2D eigenvalue weighted by Gasteiger charge is -2.06. The van der Waals surface area contributed by atoms with Gasteiger partial charge in [0.2, 0.25) is 0 Å². The first-order chi connectivity index (χ1) is 13.5. The van der Waals surface area contributed by atoms with Crippen LogP contribution in [0.5, 0.6) is 5.75 Å². The average molecular weight is 393 g/mol. The minimum Gasteiger partial charge on any atom is -0.489 e. The van der Waals surface area contributed by atoms with Gasteiger partial charge in [0.25, 0.3) is 5.91 Å². The van der Waals surface area contributed by atoms with Crippen LogP contribution in [0.25, 0.3) is 10.2 Å². The van der Waals surface area contributed by atoms with Gasteiger partial charge in [-0.2, -0.15) is 4.99 Å². The second kappa shape index (κ2) is 7.44. The number of nitrogens with zero attached hydrogens (tertiary/aromatic N) is 3.